The number of rotatable bonds is 7. The number of hydrogen-bond acceptors (Lipinski definition) is 3. The van der Waals surface area contributed by atoms with Gasteiger partial charge < -0.3 is 9.57 Å². The van der Waals surface area contributed by atoms with E-state index in [4.69, 9.17) is 9.57 Å². The van der Waals surface area contributed by atoms with E-state index >= 15 is 0 Å². The first-order valence-corrected chi connectivity index (χ1v) is 6.90. The van der Waals surface area contributed by atoms with Gasteiger partial charge in [0.15, 0.2) is 0 Å². The number of benzene rings is 2. The number of nitrogens with one attached hydrogen (secondary N) is 1. The molecule has 2 aromatic rings. The molecule has 0 atom stereocenters. The number of ether oxygens (including phenoxy) is 1. The van der Waals surface area contributed by atoms with Gasteiger partial charge in [-0.3, -0.25) is 0 Å². The molecule has 1 N–H and O–H groups in total. The highest BCUT2D eigenvalue weighted by Crippen LogP contribution is 2.21. The Morgan fingerprint density at radius 1 is 0.950 bits per heavy atom. The van der Waals surface area contributed by atoms with Gasteiger partial charge in [0, 0.05) is 6.54 Å². The quantitative estimate of drug-likeness (QED) is 0.606. The van der Waals surface area contributed by atoms with Crippen LogP contribution in [-0.2, 0) is 11.4 Å². The third-order valence-electron chi connectivity index (χ3n) is 2.67. The summed E-state index contributed by atoms with van der Waals surface area (Å²) >= 11 is 0. The molecule has 0 unspecified atom stereocenters. The first-order valence-electron chi connectivity index (χ1n) is 6.90. The van der Waals surface area contributed by atoms with Crippen LogP contribution in [0.15, 0.2) is 54.6 Å². The van der Waals surface area contributed by atoms with Crippen molar-refractivity contribution in [1.82, 2.24) is 5.48 Å². The Labute approximate surface area is 120 Å². The molecule has 0 aliphatic heterocycles. The number of para-hydroxylation sites is 1. The predicted octanol–water partition coefficient (Wildman–Crippen LogP) is 4.16. The molecule has 0 amide bonds. The highest BCUT2D eigenvalue weighted by Gasteiger charge is 1.99. The Morgan fingerprint density at radius 3 is 2.45 bits per heavy atom. The Balaban J connectivity index is 1.88. The molecule has 2 aromatic carbocycles. The summed E-state index contributed by atoms with van der Waals surface area (Å²) in [7, 11) is 0. The maximum atomic E-state index is 5.79. The van der Waals surface area contributed by atoms with Crippen molar-refractivity contribution in [2.24, 2.45) is 5.92 Å². The van der Waals surface area contributed by atoms with E-state index in [2.05, 4.69) is 19.3 Å². The first kappa shape index (κ1) is 14.6. The average molecular weight is 271 g/mol. The molecule has 20 heavy (non-hydrogen) atoms. The monoisotopic (exact) mass is 271 g/mol. The standard InChI is InChI=1S/C17H21NO2/c1-14(2)13-19-18-12-15-7-6-10-17(11-15)20-16-8-4-3-5-9-16/h3-11,14,18H,12-13H2,1-2H3. The lowest BCUT2D eigenvalue weighted by molar-refractivity contribution is 0.0196. The lowest BCUT2D eigenvalue weighted by Crippen LogP contribution is -2.17. The molecule has 0 aliphatic rings. The van der Waals surface area contributed by atoms with Crippen LogP contribution in [0.4, 0.5) is 0 Å². The fraction of sp³-hybridized carbons (Fsp3) is 0.294. The summed E-state index contributed by atoms with van der Waals surface area (Å²) in [6, 6.07) is 17.8. The summed E-state index contributed by atoms with van der Waals surface area (Å²) in [4.78, 5) is 5.37. The predicted molar refractivity (Wildman–Crippen MR) is 80.6 cm³/mol. The molecule has 0 aromatic heterocycles. The second kappa shape index (κ2) is 7.68. The van der Waals surface area contributed by atoms with Crippen LogP contribution in [0.2, 0.25) is 0 Å². The molecular weight excluding hydrogens is 250 g/mol. The average Bonchev–Trinajstić information content (AvgIpc) is 2.45. The molecule has 0 heterocycles. The van der Waals surface area contributed by atoms with Crippen molar-refractivity contribution in [3.05, 3.63) is 60.2 Å². The Kier molecular flexibility index (Phi) is 5.59. The normalized spacial score (nSPS) is 10.8. The molecule has 3 nitrogen and oxygen atoms in total. The molecule has 3 heteroatoms. The van der Waals surface area contributed by atoms with Gasteiger partial charge in [0.05, 0.1) is 6.61 Å². The van der Waals surface area contributed by atoms with Crippen molar-refractivity contribution in [2.45, 2.75) is 20.4 Å². The molecule has 2 rings (SSSR count). The van der Waals surface area contributed by atoms with Crippen LogP contribution >= 0.6 is 0 Å². The van der Waals surface area contributed by atoms with Gasteiger partial charge >= 0.3 is 0 Å². The van der Waals surface area contributed by atoms with Crippen LogP contribution in [0.3, 0.4) is 0 Å². The minimum Gasteiger partial charge on any atom is -0.457 e. The Morgan fingerprint density at radius 2 is 1.70 bits per heavy atom. The second-order valence-electron chi connectivity index (χ2n) is 5.09. The van der Waals surface area contributed by atoms with Crippen LogP contribution in [0.5, 0.6) is 11.5 Å². The molecular formula is C17H21NO2. The molecule has 0 saturated carbocycles. The summed E-state index contributed by atoms with van der Waals surface area (Å²) < 4.78 is 5.79. The van der Waals surface area contributed by atoms with E-state index in [1.54, 1.807) is 0 Å². The first-order chi connectivity index (χ1) is 9.74. The van der Waals surface area contributed by atoms with Gasteiger partial charge in [-0.25, -0.2) is 0 Å². The van der Waals surface area contributed by atoms with Crippen molar-refractivity contribution >= 4 is 0 Å². The van der Waals surface area contributed by atoms with Gasteiger partial charge in [0.2, 0.25) is 0 Å². The van der Waals surface area contributed by atoms with Crippen LogP contribution in [-0.4, -0.2) is 6.61 Å². The molecule has 0 saturated heterocycles. The summed E-state index contributed by atoms with van der Waals surface area (Å²) in [6.07, 6.45) is 0. The smallest absolute Gasteiger partial charge is 0.127 e. The fourth-order valence-corrected chi connectivity index (χ4v) is 1.70. The third kappa shape index (κ3) is 5.03. The number of hydroxylamine groups is 1. The SMILES string of the molecule is CC(C)CONCc1cccc(Oc2ccccc2)c1. The minimum atomic E-state index is 0.523. The molecule has 0 aliphatic carbocycles. The van der Waals surface area contributed by atoms with E-state index < -0.39 is 0 Å². The summed E-state index contributed by atoms with van der Waals surface area (Å²) in [6.45, 7) is 5.62. The topological polar surface area (TPSA) is 30.5 Å². The lowest BCUT2D eigenvalue weighted by Gasteiger charge is -2.10. The van der Waals surface area contributed by atoms with Gasteiger partial charge in [0.1, 0.15) is 11.5 Å². The zero-order valence-electron chi connectivity index (χ0n) is 12.0. The van der Waals surface area contributed by atoms with E-state index in [1.165, 1.54) is 0 Å². The summed E-state index contributed by atoms with van der Waals surface area (Å²) in [5.74, 6) is 2.20. The maximum absolute atomic E-state index is 5.79. The second-order valence-corrected chi connectivity index (χ2v) is 5.09. The maximum Gasteiger partial charge on any atom is 0.127 e. The van der Waals surface area contributed by atoms with Crippen molar-refractivity contribution in [3.63, 3.8) is 0 Å². The van der Waals surface area contributed by atoms with Gasteiger partial charge in [-0.2, -0.15) is 5.48 Å². The van der Waals surface area contributed by atoms with Crippen molar-refractivity contribution in [2.75, 3.05) is 6.61 Å². The highest BCUT2D eigenvalue weighted by molar-refractivity contribution is 5.33. The molecule has 0 fully saturated rings. The van der Waals surface area contributed by atoms with Crippen LogP contribution in [0.1, 0.15) is 19.4 Å². The highest BCUT2D eigenvalue weighted by atomic mass is 16.6. The summed E-state index contributed by atoms with van der Waals surface area (Å²) in [5.41, 5.74) is 4.10. The zero-order chi connectivity index (χ0) is 14.2. The minimum absolute atomic E-state index is 0.523. The Bertz CT molecular complexity index is 511. The van der Waals surface area contributed by atoms with Gasteiger partial charge in [-0.05, 0) is 35.7 Å². The third-order valence-corrected chi connectivity index (χ3v) is 2.67. The zero-order valence-corrected chi connectivity index (χ0v) is 12.0. The molecule has 106 valence electrons. The van der Waals surface area contributed by atoms with Gasteiger partial charge in [-0.1, -0.05) is 44.2 Å². The van der Waals surface area contributed by atoms with E-state index in [1.807, 2.05) is 54.6 Å². The number of hydrogen-bond donors (Lipinski definition) is 1. The largest absolute Gasteiger partial charge is 0.457 e. The van der Waals surface area contributed by atoms with Crippen LogP contribution in [0.25, 0.3) is 0 Å². The van der Waals surface area contributed by atoms with Crippen molar-refractivity contribution in [3.8, 4) is 11.5 Å². The van der Waals surface area contributed by atoms with E-state index in [0.29, 0.717) is 19.1 Å². The molecule has 0 radical (unpaired) electrons. The van der Waals surface area contributed by atoms with E-state index in [0.717, 1.165) is 17.1 Å². The lowest BCUT2D eigenvalue weighted by atomic mass is 10.2. The fourth-order valence-electron chi connectivity index (χ4n) is 1.70. The van der Waals surface area contributed by atoms with E-state index in [-0.39, 0.29) is 0 Å². The van der Waals surface area contributed by atoms with Gasteiger partial charge in [0.25, 0.3) is 0 Å². The Hall–Kier alpha value is -1.84. The van der Waals surface area contributed by atoms with E-state index in [9.17, 15) is 0 Å². The van der Waals surface area contributed by atoms with Crippen LogP contribution in [0, 0.1) is 5.92 Å². The molecule has 0 bridgehead atoms. The summed E-state index contributed by atoms with van der Waals surface area (Å²) in [5, 5.41) is 0. The van der Waals surface area contributed by atoms with Crippen LogP contribution < -0.4 is 10.2 Å². The van der Waals surface area contributed by atoms with Crippen molar-refractivity contribution in [1.29, 1.82) is 0 Å². The van der Waals surface area contributed by atoms with Crippen molar-refractivity contribution < 1.29 is 9.57 Å². The van der Waals surface area contributed by atoms with Gasteiger partial charge in [-0.15, -0.1) is 0 Å². The molecule has 0 spiro atoms.